The molecule has 0 spiro atoms. The number of morpholine rings is 1. The van der Waals surface area contributed by atoms with Crippen LogP contribution in [0.4, 0.5) is 5.95 Å². The molecule has 0 bridgehead atoms. The van der Waals surface area contributed by atoms with E-state index >= 15 is 0 Å². The van der Waals surface area contributed by atoms with Gasteiger partial charge in [0.25, 0.3) is 5.91 Å². The van der Waals surface area contributed by atoms with Gasteiger partial charge in [0.05, 0.1) is 13.2 Å². The molecule has 1 amide bonds. The van der Waals surface area contributed by atoms with E-state index in [9.17, 15) is 4.79 Å². The highest BCUT2D eigenvalue weighted by atomic mass is 16.5. The maximum absolute atomic E-state index is 12.2. The van der Waals surface area contributed by atoms with Gasteiger partial charge in [-0.15, -0.1) is 0 Å². The van der Waals surface area contributed by atoms with E-state index in [0.29, 0.717) is 31.4 Å². The molecule has 1 aromatic carbocycles. The number of carbonyl (C=O) groups is 1. The quantitative estimate of drug-likeness (QED) is 0.818. The van der Waals surface area contributed by atoms with Crippen LogP contribution in [0.15, 0.2) is 42.6 Å². The second kappa shape index (κ2) is 8.40. The Balaban J connectivity index is 1.49. The molecule has 1 N–H and O–H groups in total. The lowest BCUT2D eigenvalue weighted by atomic mass is 10.1. The Bertz CT molecular complexity index is 657. The average molecular weight is 326 g/mol. The van der Waals surface area contributed by atoms with Gasteiger partial charge in [0.1, 0.15) is 5.69 Å². The number of benzene rings is 1. The van der Waals surface area contributed by atoms with Crippen molar-refractivity contribution in [2.24, 2.45) is 0 Å². The van der Waals surface area contributed by atoms with E-state index < -0.39 is 0 Å². The Morgan fingerprint density at radius 2 is 1.96 bits per heavy atom. The van der Waals surface area contributed by atoms with E-state index in [0.717, 1.165) is 25.9 Å². The van der Waals surface area contributed by atoms with Gasteiger partial charge in [-0.3, -0.25) is 4.79 Å². The van der Waals surface area contributed by atoms with Crippen LogP contribution in [0, 0.1) is 0 Å². The van der Waals surface area contributed by atoms with Gasteiger partial charge in [0, 0.05) is 25.8 Å². The Morgan fingerprint density at radius 1 is 1.17 bits per heavy atom. The number of carbonyl (C=O) groups excluding carboxylic acids is 1. The van der Waals surface area contributed by atoms with E-state index in [1.165, 1.54) is 5.56 Å². The highest BCUT2D eigenvalue weighted by Gasteiger charge is 2.15. The van der Waals surface area contributed by atoms with Gasteiger partial charge in [-0.25, -0.2) is 9.97 Å². The van der Waals surface area contributed by atoms with Crippen LogP contribution in [-0.2, 0) is 11.2 Å². The van der Waals surface area contributed by atoms with Crippen molar-refractivity contribution in [1.29, 1.82) is 0 Å². The maximum Gasteiger partial charge on any atom is 0.270 e. The Labute approximate surface area is 141 Å². The van der Waals surface area contributed by atoms with Crippen molar-refractivity contribution in [2.45, 2.75) is 12.8 Å². The van der Waals surface area contributed by atoms with Gasteiger partial charge in [0.2, 0.25) is 5.95 Å². The summed E-state index contributed by atoms with van der Waals surface area (Å²) in [6, 6.07) is 11.9. The molecule has 2 heterocycles. The lowest BCUT2D eigenvalue weighted by molar-refractivity contribution is 0.0948. The maximum atomic E-state index is 12.2. The number of aryl methyl sites for hydroxylation is 1. The van der Waals surface area contributed by atoms with Crippen LogP contribution >= 0.6 is 0 Å². The smallest absolute Gasteiger partial charge is 0.270 e. The molecule has 1 aromatic heterocycles. The largest absolute Gasteiger partial charge is 0.378 e. The normalized spacial score (nSPS) is 14.4. The number of rotatable bonds is 6. The summed E-state index contributed by atoms with van der Waals surface area (Å²) in [5, 5.41) is 2.93. The molecule has 0 radical (unpaired) electrons. The van der Waals surface area contributed by atoms with Crippen molar-refractivity contribution >= 4 is 11.9 Å². The highest BCUT2D eigenvalue weighted by Crippen LogP contribution is 2.10. The van der Waals surface area contributed by atoms with Crippen molar-refractivity contribution in [3.05, 3.63) is 53.9 Å². The third-order valence-corrected chi connectivity index (χ3v) is 3.94. The fraction of sp³-hybridized carbons (Fsp3) is 0.389. The van der Waals surface area contributed by atoms with Crippen molar-refractivity contribution in [3.8, 4) is 0 Å². The van der Waals surface area contributed by atoms with Crippen LogP contribution in [0.5, 0.6) is 0 Å². The molecule has 0 aliphatic carbocycles. The van der Waals surface area contributed by atoms with Gasteiger partial charge in [-0.2, -0.15) is 0 Å². The molecule has 6 nitrogen and oxygen atoms in total. The molecule has 0 saturated carbocycles. The molecule has 6 heteroatoms. The molecule has 3 rings (SSSR count). The van der Waals surface area contributed by atoms with E-state index in [1.54, 1.807) is 12.3 Å². The number of ether oxygens (including phenoxy) is 1. The van der Waals surface area contributed by atoms with E-state index in [1.807, 2.05) is 23.1 Å². The summed E-state index contributed by atoms with van der Waals surface area (Å²) < 4.78 is 5.32. The number of hydrogen-bond donors (Lipinski definition) is 1. The van der Waals surface area contributed by atoms with Crippen molar-refractivity contribution in [2.75, 3.05) is 37.7 Å². The monoisotopic (exact) mass is 326 g/mol. The first-order valence-electron chi connectivity index (χ1n) is 8.31. The van der Waals surface area contributed by atoms with Gasteiger partial charge < -0.3 is 15.0 Å². The van der Waals surface area contributed by atoms with E-state index in [-0.39, 0.29) is 5.91 Å². The topological polar surface area (TPSA) is 67.4 Å². The zero-order valence-electron chi connectivity index (χ0n) is 13.6. The van der Waals surface area contributed by atoms with Gasteiger partial charge in [0.15, 0.2) is 0 Å². The third-order valence-electron chi connectivity index (χ3n) is 3.94. The van der Waals surface area contributed by atoms with Gasteiger partial charge in [-0.1, -0.05) is 30.3 Å². The van der Waals surface area contributed by atoms with E-state index in [2.05, 4.69) is 27.4 Å². The number of hydrogen-bond acceptors (Lipinski definition) is 5. The Kier molecular flexibility index (Phi) is 5.74. The van der Waals surface area contributed by atoms with Gasteiger partial charge in [-0.05, 0) is 24.5 Å². The predicted octanol–water partition coefficient (Wildman–Crippen LogP) is 1.68. The van der Waals surface area contributed by atoms with Crippen LogP contribution in [0.25, 0.3) is 0 Å². The van der Waals surface area contributed by atoms with Crippen LogP contribution in [0.1, 0.15) is 22.5 Å². The van der Waals surface area contributed by atoms with Crippen molar-refractivity contribution in [3.63, 3.8) is 0 Å². The average Bonchev–Trinajstić information content (AvgIpc) is 2.67. The molecular formula is C18H22N4O2. The molecule has 1 aliphatic heterocycles. The first kappa shape index (κ1) is 16.4. The number of aromatic nitrogens is 2. The lowest BCUT2D eigenvalue weighted by Gasteiger charge is -2.26. The minimum Gasteiger partial charge on any atom is -0.378 e. The summed E-state index contributed by atoms with van der Waals surface area (Å²) in [5.74, 6) is 0.440. The predicted molar refractivity (Wildman–Crippen MR) is 92.2 cm³/mol. The molecule has 1 saturated heterocycles. The number of amides is 1. The minimum atomic E-state index is -0.153. The molecule has 0 atom stereocenters. The Hall–Kier alpha value is -2.47. The number of anilines is 1. The second-order valence-corrected chi connectivity index (χ2v) is 5.69. The Morgan fingerprint density at radius 3 is 2.75 bits per heavy atom. The lowest BCUT2D eigenvalue weighted by Crippen LogP contribution is -2.37. The van der Waals surface area contributed by atoms with Crippen molar-refractivity contribution < 1.29 is 9.53 Å². The first-order chi connectivity index (χ1) is 11.8. The first-order valence-corrected chi connectivity index (χ1v) is 8.31. The fourth-order valence-corrected chi connectivity index (χ4v) is 2.62. The summed E-state index contributed by atoms with van der Waals surface area (Å²) >= 11 is 0. The second-order valence-electron chi connectivity index (χ2n) is 5.69. The summed E-state index contributed by atoms with van der Waals surface area (Å²) in [6.45, 7) is 3.47. The number of nitrogens with zero attached hydrogens (tertiary/aromatic N) is 3. The highest BCUT2D eigenvalue weighted by molar-refractivity contribution is 5.92. The molecule has 1 fully saturated rings. The van der Waals surface area contributed by atoms with Crippen LogP contribution in [0.3, 0.4) is 0 Å². The summed E-state index contributed by atoms with van der Waals surface area (Å²) in [7, 11) is 0. The van der Waals surface area contributed by atoms with Crippen molar-refractivity contribution in [1.82, 2.24) is 15.3 Å². The SMILES string of the molecule is O=C(NCCCc1ccccc1)c1ccnc(N2CCOCC2)n1. The molecule has 2 aromatic rings. The van der Waals surface area contributed by atoms with Crippen LogP contribution in [0.2, 0.25) is 0 Å². The molecule has 1 aliphatic rings. The fourth-order valence-electron chi connectivity index (χ4n) is 2.62. The molecular weight excluding hydrogens is 304 g/mol. The summed E-state index contributed by atoms with van der Waals surface area (Å²) in [6.07, 6.45) is 3.48. The molecule has 126 valence electrons. The summed E-state index contributed by atoms with van der Waals surface area (Å²) in [5.41, 5.74) is 1.69. The third kappa shape index (κ3) is 4.52. The summed E-state index contributed by atoms with van der Waals surface area (Å²) in [4.78, 5) is 22.9. The van der Waals surface area contributed by atoms with Gasteiger partial charge >= 0.3 is 0 Å². The standard InChI is InChI=1S/C18H22N4O2/c23-17(19-9-4-7-15-5-2-1-3-6-15)16-8-10-20-18(21-16)22-11-13-24-14-12-22/h1-3,5-6,8,10H,4,7,9,11-14H2,(H,19,23). The molecule has 24 heavy (non-hydrogen) atoms. The number of nitrogens with one attached hydrogen (secondary N) is 1. The van der Waals surface area contributed by atoms with Crippen LogP contribution in [-0.4, -0.2) is 48.7 Å². The zero-order chi connectivity index (χ0) is 16.6. The zero-order valence-corrected chi connectivity index (χ0v) is 13.6. The minimum absolute atomic E-state index is 0.153. The van der Waals surface area contributed by atoms with E-state index in [4.69, 9.17) is 4.74 Å². The molecule has 0 unspecified atom stereocenters. The van der Waals surface area contributed by atoms with Crippen LogP contribution < -0.4 is 10.2 Å².